The second-order valence-corrected chi connectivity index (χ2v) is 6.98. The van der Waals surface area contributed by atoms with Crippen molar-refractivity contribution in [2.45, 2.75) is 44.9 Å². The Morgan fingerprint density at radius 1 is 1.29 bits per heavy atom. The molecule has 1 aliphatic carbocycles. The van der Waals surface area contributed by atoms with Crippen LogP contribution in [0.25, 0.3) is 0 Å². The van der Waals surface area contributed by atoms with Gasteiger partial charge in [0, 0.05) is 5.92 Å². The van der Waals surface area contributed by atoms with Crippen LogP contribution in [0.15, 0.2) is 29.4 Å². The summed E-state index contributed by atoms with van der Waals surface area (Å²) in [6.07, 6.45) is 4.19. The largest absolute Gasteiger partial charge is 0.250 e. The van der Waals surface area contributed by atoms with Gasteiger partial charge in [-0.05, 0) is 41.6 Å². The fraction of sp³-hybridized carbons (Fsp3) is 0.438. The van der Waals surface area contributed by atoms with Crippen LogP contribution in [0.4, 0.5) is 0 Å². The van der Waals surface area contributed by atoms with Crippen LogP contribution in [0.3, 0.4) is 0 Å². The van der Waals surface area contributed by atoms with Crippen molar-refractivity contribution in [3.63, 3.8) is 0 Å². The quantitative estimate of drug-likeness (QED) is 0.688. The van der Waals surface area contributed by atoms with E-state index < -0.39 is 0 Å². The first kappa shape index (κ1) is 14.2. The van der Waals surface area contributed by atoms with E-state index in [0.717, 1.165) is 11.4 Å². The predicted molar refractivity (Wildman–Crippen MR) is 87.5 cm³/mol. The van der Waals surface area contributed by atoms with E-state index in [-0.39, 0.29) is 5.41 Å². The summed E-state index contributed by atoms with van der Waals surface area (Å²) in [6.45, 7) is 6.63. The standard InChI is InChI=1S/C16H20N4S/c1-16(2,3)13-8-4-11(5-9-13)10-17-20-14(12-6-7-12)18-19-15(20)21/h4-5,8-10,12H,6-7H2,1-3H3,(H,19,21)/b17-10-. The topological polar surface area (TPSA) is 46.0 Å². The summed E-state index contributed by atoms with van der Waals surface area (Å²) in [5.74, 6) is 1.46. The molecule has 5 heteroatoms. The van der Waals surface area contributed by atoms with Crippen LogP contribution < -0.4 is 0 Å². The van der Waals surface area contributed by atoms with Crippen LogP contribution >= 0.6 is 12.2 Å². The Hall–Kier alpha value is -1.75. The molecular weight excluding hydrogens is 280 g/mol. The lowest BCUT2D eigenvalue weighted by Crippen LogP contribution is -2.10. The molecule has 3 rings (SSSR count). The fourth-order valence-electron chi connectivity index (χ4n) is 2.21. The van der Waals surface area contributed by atoms with Crippen LogP contribution in [-0.2, 0) is 5.41 Å². The van der Waals surface area contributed by atoms with Gasteiger partial charge in [0.25, 0.3) is 0 Å². The van der Waals surface area contributed by atoms with Gasteiger partial charge >= 0.3 is 0 Å². The van der Waals surface area contributed by atoms with Gasteiger partial charge in [-0.1, -0.05) is 45.0 Å². The molecule has 1 saturated carbocycles. The Balaban J connectivity index is 1.83. The van der Waals surface area contributed by atoms with Gasteiger partial charge in [0.2, 0.25) is 4.77 Å². The maximum Gasteiger partial charge on any atom is 0.216 e. The first-order valence-electron chi connectivity index (χ1n) is 7.27. The molecule has 0 bridgehead atoms. The predicted octanol–water partition coefficient (Wildman–Crippen LogP) is 4.00. The average Bonchev–Trinajstić information content (AvgIpc) is 3.21. The molecule has 21 heavy (non-hydrogen) atoms. The highest BCUT2D eigenvalue weighted by atomic mass is 32.1. The van der Waals surface area contributed by atoms with Crippen molar-refractivity contribution in [1.29, 1.82) is 0 Å². The number of aromatic amines is 1. The van der Waals surface area contributed by atoms with Crippen molar-refractivity contribution in [3.05, 3.63) is 46.0 Å². The van der Waals surface area contributed by atoms with Crippen molar-refractivity contribution in [3.8, 4) is 0 Å². The third kappa shape index (κ3) is 3.13. The molecule has 0 atom stereocenters. The van der Waals surface area contributed by atoms with Crippen molar-refractivity contribution >= 4 is 18.4 Å². The number of nitrogens with zero attached hydrogens (tertiary/aromatic N) is 3. The number of benzene rings is 1. The van der Waals surface area contributed by atoms with Crippen LogP contribution in [0.1, 0.15) is 56.5 Å². The number of hydrogen-bond donors (Lipinski definition) is 1. The number of aromatic nitrogens is 3. The summed E-state index contributed by atoms with van der Waals surface area (Å²) >= 11 is 5.24. The zero-order valence-electron chi connectivity index (χ0n) is 12.6. The average molecular weight is 300 g/mol. The van der Waals surface area contributed by atoms with Crippen LogP contribution in [0, 0.1) is 4.77 Å². The minimum Gasteiger partial charge on any atom is -0.250 e. The minimum absolute atomic E-state index is 0.169. The van der Waals surface area contributed by atoms with Gasteiger partial charge in [-0.3, -0.25) is 5.10 Å². The Morgan fingerprint density at radius 3 is 2.52 bits per heavy atom. The highest BCUT2D eigenvalue weighted by molar-refractivity contribution is 7.71. The molecule has 2 aromatic rings. The first-order valence-corrected chi connectivity index (χ1v) is 7.68. The summed E-state index contributed by atoms with van der Waals surface area (Å²) in [5.41, 5.74) is 2.55. The maximum atomic E-state index is 5.24. The molecule has 0 aliphatic heterocycles. The van der Waals surface area contributed by atoms with Gasteiger partial charge < -0.3 is 0 Å². The van der Waals surface area contributed by atoms with E-state index in [1.54, 1.807) is 4.68 Å². The molecular formula is C16H20N4S. The first-order chi connectivity index (χ1) is 9.95. The molecule has 0 saturated heterocycles. The molecule has 110 valence electrons. The second-order valence-electron chi connectivity index (χ2n) is 6.59. The van der Waals surface area contributed by atoms with Crippen LogP contribution in [-0.4, -0.2) is 21.1 Å². The molecule has 1 aliphatic rings. The van der Waals surface area contributed by atoms with E-state index in [1.165, 1.54) is 18.4 Å². The molecule has 1 fully saturated rings. The van der Waals surface area contributed by atoms with E-state index in [1.807, 2.05) is 6.21 Å². The number of nitrogens with one attached hydrogen (secondary N) is 1. The SMILES string of the molecule is CC(C)(C)c1ccc(/C=N\n2c(C3CC3)n[nH]c2=S)cc1. The molecule has 1 heterocycles. The van der Waals surface area contributed by atoms with Gasteiger partial charge in [0.05, 0.1) is 6.21 Å². The Kier molecular flexibility index (Phi) is 3.53. The van der Waals surface area contributed by atoms with E-state index >= 15 is 0 Å². The molecule has 4 nitrogen and oxygen atoms in total. The summed E-state index contributed by atoms with van der Waals surface area (Å²) < 4.78 is 2.30. The summed E-state index contributed by atoms with van der Waals surface area (Å²) in [7, 11) is 0. The summed E-state index contributed by atoms with van der Waals surface area (Å²) in [4.78, 5) is 0. The van der Waals surface area contributed by atoms with Gasteiger partial charge in [-0.15, -0.1) is 0 Å². The number of rotatable bonds is 3. The maximum absolute atomic E-state index is 5.24. The Morgan fingerprint density at radius 2 is 1.95 bits per heavy atom. The smallest absolute Gasteiger partial charge is 0.216 e. The van der Waals surface area contributed by atoms with E-state index in [2.05, 4.69) is 60.3 Å². The third-order valence-corrected chi connectivity index (χ3v) is 3.98. The number of H-pyrrole nitrogens is 1. The van der Waals surface area contributed by atoms with Gasteiger partial charge in [0.1, 0.15) is 0 Å². The molecule has 0 amide bonds. The highest BCUT2D eigenvalue weighted by Crippen LogP contribution is 2.38. The van der Waals surface area contributed by atoms with Crippen molar-refractivity contribution < 1.29 is 0 Å². The van der Waals surface area contributed by atoms with E-state index in [9.17, 15) is 0 Å². The molecule has 0 radical (unpaired) electrons. The summed E-state index contributed by atoms with van der Waals surface area (Å²) in [5, 5.41) is 11.6. The third-order valence-electron chi connectivity index (χ3n) is 3.72. The van der Waals surface area contributed by atoms with Crippen LogP contribution in [0.2, 0.25) is 0 Å². The second kappa shape index (κ2) is 5.22. The molecule has 0 unspecified atom stereocenters. The lowest BCUT2D eigenvalue weighted by Gasteiger charge is -2.18. The molecule has 1 N–H and O–H groups in total. The van der Waals surface area contributed by atoms with Gasteiger partial charge in [-0.25, -0.2) is 0 Å². The van der Waals surface area contributed by atoms with E-state index in [4.69, 9.17) is 12.2 Å². The van der Waals surface area contributed by atoms with Crippen molar-refractivity contribution in [2.75, 3.05) is 0 Å². The highest BCUT2D eigenvalue weighted by Gasteiger charge is 2.29. The molecule has 0 spiro atoms. The number of hydrogen-bond acceptors (Lipinski definition) is 3. The zero-order chi connectivity index (χ0) is 15.0. The zero-order valence-corrected chi connectivity index (χ0v) is 13.4. The fourth-order valence-corrected chi connectivity index (χ4v) is 2.40. The normalized spacial score (nSPS) is 15.8. The van der Waals surface area contributed by atoms with Gasteiger partial charge in [-0.2, -0.15) is 14.9 Å². The van der Waals surface area contributed by atoms with E-state index in [0.29, 0.717) is 10.7 Å². The van der Waals surface area contributed by atoms with Crippen molar-refractivity contribution in [1.82, 2.24) is 14.9 Å². The lowest BCUT2D eigenvalue weighted by atomic mass is 9.87. The molecule has 1 aromatic carbocycles. The lowest BCUT2D eigenvalue weighted by molar-refractivity contribution is 0.590. The molecule has 1 aromatic heterocycles. The summed E-state index contributed by atoms with van der Waals surface area (Å²) in [6, 6.07) is 8.48. The van der Waals surface area contributed by atoms with Gasteiger partial charge in [0.15, 0.2) is 5.82 Å². The monoisotopic (exact) mass is 300 g/mol. The minimum atomic E-state index is 0.169. The Bertz CT molecular complexity index is 712. The van der Waals surface area contributed by atoms with Crippen molar-refractivity contribution in [2.24, 2.45) is 5.10 Å². The Labute approximate surface area is 129 Å². The van der Waals surface area contributed by atoms with Crippen LogP contribution in [0.5, 0.6) is 0 Å².